The lowest BCUT2D eigenvalue weighted by Gasteiger charge is -1.99. The summed E-state index contributed by atoms with van der Waals surface area (Å²) in [6, 6.07) is 9.42. The maximum absolute atomic E-state index is 13.1. The number of hydrogen-bond donors (Lipinski definition) is 1. The first-order valence-corrected chi connectivity index (χ1v) is 7.21. The van der Waals surface area contributed by atoms with Crippen molar-refractivity contribution in [2.45, 2.75) is 0 Å². The van der Waals surface area contributed by atoms with Gasteiger partial charge in [0.05, 0.1) is 17.4 Å². The molecule has 21 heavy (non-hydrogen) atoms. The van der Waals surface area contributed by atoms with Crippen molar-refractivity contribution in [1.82, 2.24) is 18.9 Å². The van der Waals surface area contributed by atoms with Crippen molar-refractivity contribution in [3.63, 3.8) is 0 Å². The lowest BCUT2D eigenvalue weighted by Crippen LogP contribution is -1.83. The highest BCUT2D eigenvalue weighted by Crippen LogP contribution is 2.34. The van der Waals surface area contributed by atoms with Gasteiger partial charge in [-0.25, -0.2) is 13.9 Å². The zero-order valence-electron chi connectivity index (χ0n) is 10.5. The van der Waals surface area contributed by atoms with Crippen LogP contribution >= 0.6 is 23.9 Å². The Kier molecular flexibility index (Phi) is 2.87. The number of pyridine rings is 1. The molecule has 0 atom stereocenters. The molecule has 0 bridgehead atoms. The van der Waals surface area contributed by atoms with Gasteiger partial charge in [-0.3, -0.25) is 0 Å². The van der Waals surface area contributed by atoms with Crippen LogP contribution in [0.5, 0.6) is 0 Å². The van der Waals surface area contributed by atoms with Crippen LogP contribution in [0.3, 0.4) is 0 Å². The van der Waals surface area contributed by atoms with E-state index < -0.39 is 0 Å². The SMILES string of the molecule is FSn1cc(-c2ccc3nc[nH]c3c2)c2ccc(Cl)nc21. The Bertz CT molecular complexity index is 962. The second-order valence-corrected chi connectivity index (χ2v) is 5.50. The van der Waals surface area contributed by atoms with E-state index >= 15 is 0 Å². The van der Waals surface area contributed by atoms with Crippen molar-refractivity contribution in [2.24, 2.45) is 0 Å². The fourth-order valence-electron chi connectivity index (χ4n) is 2.44. The second kappa shape index (κ2) is 4.75. The van der Waals surface area contributed by atoms with Crippen molar-refractivity contribution < 1.29 is 3.89 Å². The van der Waals surface area contributed by atoms with Crippen LogP contribution < -0.4 is 0 Å². The second-order valence-electron chi connectivity index (χ2n) is 4.58. The number of aromatic nitrogens is 4. The largest absolute Gasteiger partial charge is 0.345 e. The summed E-state index contributed by atoms with van der Waals surface area (Å²) in [6.07, 6.45) is 3.37. The molecule has 3 aromatic heterocycles. The van der Waals surface area contributed by atoms with E-state index in [2.05, 4.69) is 15.0 Å². The number of nitrogens with zero attached hydrogens (tertiary/aromatic N) is 3. The molecule has 104 valence electrons. The molecule has 0 aliphatic heterocycles. The fraction of sp³-hybridized carbons (Fsp3) is 0. The molecule has 3 heterocycles. The number of imidazole rings is 1. The number of nitrogens with one attached hydrogen (secondary N) is 1. The van der Waals surface area contributed by atoms with E-state index in [1.807, 2.05) is 24.3 Å². The Labute approximate surface area is 128 Å². The number of fused-ring (bicyclic) bond motifs is 2. The standard InChI is InChI=1S/C14H8ClFN4S/c15-13-4-2-9-10(6-20(21-16)14(9)19-13)8-1-3-11-12(5-8)18-7-17-11/h1-7H,(H,17,18). The van der Waals surface area contributed by atoms with Crippen molar-refractivity contribution in [3.05, 3.63) is 48.0 Å². The molecule has 0 amide bonds. The lowest BCUT2D eigenvalue weighted by molar-refractivity contribution is 0.919. The van der Waals surface area contributed by atoms with Crippen LogP contribution in [0.1, 0.15) is 0 Å². The molecule has 4 rings (SSSR count). The third-order valence-corrected chi connectivity index (χ3v) is 4.03. The molecule has 0 aliphatic carbocycles. The number of hydrogen-bond acceptors (Lipinski definition) is 3. The molecule has 4 aromatic rings. The fourth-order valence-corrected chi connectivity index (χ4v) is 2.93. The van der Waals surface area contributed by atoms with Crippen LogP contribution in [0.25, 0.3) is 33.2 Å². The lowest BCUT2D eigenvalue weighted by atomic mass is 10.1. The van der Waals surface area contributed by atoms with Gasteiger partial charge in [-0.1, -0.05) is 17.7 Å². The maximum Gasteiger partial charge on any atom is 0.171 e. The number of rotatable bonds is 2. The first-order chi connectivity index (χ1) is 10.3. The molecule has 0 fully saturated rings. The van der Waals surface area contributed by atoms with Gasteiger partial charge in [-0.05, 0) is 29.8 Å². The first-order valence-electron chi connectivity index (χ1n) is 6.16. The van der Waals surface area contributed by atoms with Crippen molar-refractivity contribution in [3.8, 4) is 11.1 Å². The van der Waals surface area contributed by atoms with E-state index in [0.29, 0.717) is 10.8 Å². The minimum absolute atomic E-state index is 0.103. The van der Waals surface area contributed by atoms with Crippen LogP contribution in [0, 0.1) is 0 Å². The third kappa shape index (κ3) is 1.99. The minimum atomic E-state index is 0.103. The molecule has 0 spiro atoms. The van der Waals surface area contributed by atoms with Crippen LogP contribution in [0.2, 0.25) is 5.15 Å². The highest BCUT2D eigenvalue weighted by Gasteiger charge is 2.13. The van der Waals surface area contributed by atoms with Gasteiger partial charge in [0.1, 0.15) is 5.15 Å². The van der Waals surface area contributed by atoms with E-state index in [9.17, 15) is 3.89 Å². The molecule has 0 aliphatic rings. The molecule has 1 aromatic carbocycles. The summed E-state index contributed by atoms with van der Waals surface area (Å²) in [4.78, 5) is 11.5. The average Bonchev–Trinajstić information content (AvgIpc) is 3.09. The molecular formula is C14H8ClFN4S. The zero-order chi connectivity index (χ0) is 14.4. The quantitative estimate of drug-likeness (QED) is 0.549. The topological polar surface area (TPSA) is 46.5 Å². The van der Waals surface area contributed by atoms with Gasteiger partial charge in [0.15, 0.2) is 18.0 Å². The monoisotopic (exact) mass is 318 g/mol. The van der Waals surface area contributed by atoms with Crippen molar-refractivity contribution in [2.75, 3.05) is 0 Å². The summed E-state index contributed by atoms with van der Waals surface area (Å²) in [5.74, 6) is 0. The van der Waals surface area contributed by atoms with Crippen LogP contribution in [-0.2, 0) is 0 Å². The third-order valence-electron chi connectivity index (χ3n) is 3.39. The number of benzene rings is 1. The summed E-state index contributed by atoms with van der Waals surface area (Å²) < 4.78 is 14.5. The van der Waals surface area contributed by atoms with E-state index in [1.54, 1.807) is 18.6 Å². The Morgan fingerprint density at radius 2 is 2.14 bits per heavy atom. The normalized spacial score (nSPS) is 11.5. The number of H-pyrrole nitrogens is 1. The van der Waals surface area contributed by atoms with Gasteiger partial charge in [-0.15, -0.1) is 3.89 Å². The number of halogens is 2. The molecule has 7 heteroatoms. The summed E-state index contributed by atoms with van der Waals surface area (Å²) in [5.41, 5.74) is 4.20. The van der Waals surface area contributed by atoms with E-state index in [1.165, 1.54) is 3.97 Å². The van der Waals surface area contributed by atoms with Crippen LogP contribution in [-0.4, -0.2) is 18.9 Å². The summed E-state index contributed by atoms with van der Waals surface area (Å²) in [6.45, 7) is 0. The summed E-state index contributed by atoms with van der Waals surface area (Å²) in [7, 11) is 0. The van der Waals surface area contributed by atoms with Gasteiger partial charge >= 0.3 is 0 Å². The van der Waals surface area contributed by atoms with Crippen molar-refractivity contribution >= 4 is 46.0 Å². The van der Waals surface area contributed by atoms with Gasteiger partial charge in [0.2, 0.25) is 0 Å². The zero-order valence-corrected chi connectivity index (χ0v) is 12.1. The smallest absolute Gasteiger partial charge is 0.171 e. The molecule has 4 nitrogen and oxygen atoms in total. The Morgan fingerprint density at radius 3 is 3.00 bits per heavy atom. The Hall–Kier alpha value is -2.05. The summed E-state index contributed by atoms with van der Waals surface area (Å²) in [5, 5.41) is 1.19. The minimum Gasteiger partial charge on any atom is -0.345 e. The van der Waals surface area contributed by atoms with Gasteiger partial charge in [0.25, 0.3) is 0 Å². The number of aromatic amines is 1. The van der Waals surface area contributed by atoms with Crippen LogP contribution in [0.15, 0.2) is 42.9 Å². The first kappa shape index (κ1) is 12.7. The molecule has 0 saturated heterocycles. The predicted octanol–water partition coefficient (Wildman–Crippen LogP) is 4.61. The Balaban J connectivity index is 2.00. The highest BCUT2D eigenvalue weighted by molar-refractivity contribution is 7.92. The molecule has 1 N–H and O–H groups in total. The van der Waals surface area contributed by atoms with E-state index in [-0.39, 0.29) is 12.3 Å². The van der Waals surface area contributed by atoms with Gasteiger partial charge < -0.3 is 4.98 Å². The molecule has 0 saturated carbocycles. The summed E-state index contributed by atoms with van der Waals surface area (Å²) >= 11 is 6.00. The maximum atomic E-state index is 13.1. The van der Waals surface area contributed by atoms with Crippen molar-refractivity contribution in [1.29, 1.82) is 0 Å². The van der Waals surface area contributed by atoms with Gasteiger partial charge in [-0.2, -0.15) is 0 Å². The average molecular weight is 319 g/mol. The molecule has 0 radical (unpaired) electrons. The molecular weight excluding hydrogens is 311 g/mol. The van der Waals surface area contributed by atoms with E-state index in [0.717, 1.165) is 27.5 Å². The highest BCUT2D eigenvalue weighted by atomic mass is 35.5. The molecule has 0 unspecified atom stereocenters. The van der Waals surface area contributed by atoms with Crippen LogP contribution in [0.4, 0.5) is 3.89 Å². The van der Waals surface area contributed by atoms with Gasteiger partial charge in [0, 0.05) is 17.1 Å². The Morgan fingerprint density at radius 1 is 1.24 bits per heavy atom. The predicted molar refractivity (Wildman–Crippen MR) is 83.9 cm³/mol. The van der Waals surface area contributed by atoms with E-state index in [4.69, 9.17) is 11.6 Å².